The molecule has 7 heteroatoms. The van der Waals surface area contributed by atoms with Crippen molar-refractivity contribution < 1.29 is 9.18 Å². The highest BCUT2D eigenvalue weighted by molar-refractivity contribution is 6.35. The van der Waals surface area contributed by atoms with Gasteiger partial charge in [0.2, 0.25) is 5.91 Å². The number of hydrogen-bond donors (Lipinski definition) is 2. The maximum Gasteiger partial charge on any atom is 0.235 e. The maximum absolute atomic E-state index is 13.6. The molecule has 1 aliphatic rings. The maximum atomic E-state index is 13.6. The third-order valence-electron chi connectivity index (χ3n) is 4.12. The van der Waals surface area contributed by atoms with Gasteiger partial charge in [-0.25, -0.2) is 4.39 Å². The number of carbonyl (C=O) groups is 1. The summed E-state index contributed by atoms with van der Waals surface area (Å²) in [4.78, 5) is 12.1. The van der Waals surface area contributed by atoms with Crippen molar-refractivity contribution >= 4 is 29.1 Å². The van der Waals surface area contributed by atoms with Gasteiger partial charge in [-0.15, -0.1) is 0 Å². The monoisotopic (exact) mass is 357 g/mol. The Morgan fingerprint density at radius 1 is 1.39 bits per heavy atom. The molecule has 1 aromatic rings. The van der Waals surface area contributed by atoms with E-state index in [1.807, 2.05) is 0 Å². The van der Waals surface area contributed by atoms with Crippen LogP contribution in [0.15, 0.2) is 12.1 Å². The minimum absolute atomic E-state index is 0.0190. The molecule has 2 N–H and O–H groups in total. The van der Waals surface area contributed by atoms with Crippen molar-refractivity contribution in [3.8, 4) is 6.07 Å². The van der Waals surface area contributed by atoms with Gasteiger partial charge in [-0.2, -0.15) is 5.26 Å². The van der Waals surface area contributed by atoms with Crippen LogP contribution in [0.2, 0.25) is 10.0 Å². The van der Waals surface area contributed by atoms with Gasteiger partial charge in [0.25, 0.3) is 0 Å². The van der Waals surface area contributed by atoms with Crippen molar-refractivity contribution in [3.05, 3.63) is 33.6 Å². The fourth-order valence-electron chi connectivity index (χ4n) is 2.78. The molecule has 0 aliphatic heterocycles. The number of benzene rings is 1. The van der Waals surface area contributed by atoms with Crippen molar-refractivity contribution in [2.24, 2.45) is 0 Å². The number of rotatable bonds is 5. The van der Waals surface area contributed by atoms with Crippen LogP contribution in [0.5, 0.6) is 0 Å². The van der Waals surface area contributed by atoms with Gasteiger partial charge in [0.05, 0.1) is 17.6 Å². The van der Waals surface area contributed by atoms with E-state index in [2.05, 4.69) is 16.7 Å². The van der Waals surface area contributed by atoms with E-state index in [-0.39, 0.29) is 23.5 Å². The van der Waals surface area contributed by atoms with Crippen LogP contribution in [0.1, 0.15) is 44.2 Å². The summed E-state index contributed by atoms with van der Waals surface area (Å²) in [5.41, 5.74) is -0.219. The Balaban J connectivity index is 1.94. The van der Waals surface area contributed by atoms with Gasteiger partial charge < -0.3 is 10.6 Å². The molecule has 0 bridgehead atoms. The number of halogens is 3. The molecule has 1 amide bonds. The second-order valence-electron chi connectivity index (χ2n) is 5.84. The Morgan fingerprint density at radius 2 is 2.04 bits per heavy atom. The summed E-state index contributed by atoms with van der Waals surface area (Å²) in [5, 5.41) is 15.3. The molecule has 23 heavy (non-hydrogen) atoms. The highest BCUT2D eigenvalue weighted by Gasteiger charge is 2.35. The van der Waals surface area contributed by atoms with Crippen LogP contribution in [0.3, 0.4) is 0 Å². The zero-order valence-corrected chi connectivity index (χ0v) is 14.3. The fourth-order valence-corrected chi connectivity index (χ4v) is 3.33. The van der Waals surface area contributed by atoms with Gasteiger partial charge in [0.1, 0.15) is 11.4 Å². The summed E-state index contributed by atoms with van der Waals surface area (Å²) in [6, 6.07) is 4.47. The molecule has 0 saturated heterocycles. The number of nitrogens with zero attached hydrogens (tertiary/aromatic N) is 1. The Kier molecular flexibility index (Phi) is 5.85. The summed E-state index contributed by atoms with van der Waals surface area (Å²) in [5.74, 6) is -0.815. The van der Waals surface area contributed by atoms with Crippen LogP contribution in [0.4, 0.5) is 4.39 Å². The van der Waals surface area contributed by atoms with E-state index in [0.717, 1.165) is 12.8 Å². The van der Waals surface area contributed by atoms with Crippen LogP contribution in [0.25, 0.3) is 0 Å². The van der Waals surface area contributed by atoms with Crippen molar-refractivity contribution in [1.82, 2.24) is 10.6 Å². The SMILES string of the molecule is C[C@@H](NCC(=O)NC1(C#N)CCCC1)c1cc(F)c(Cl)cc1Cl. The summed E-state index contributed by atoms with van der Waals surface area (Å²) >= 11 is 11.7. The average molecular weight is 358 g/mol. The first kappa shape index (κ1) is 18.0. The van der Waals surface area contributed by atoms with Crippen LogP contribution in [-0.2, 0) is 4.79 Å². The molecule has 0 radical (unpaired) electrons. The Bertz CT molecular complexity index is 639. The van der Waals surface area contributed by atoms with Crippen molar-refractivity contribution in [1.29, 1.82) is 5.26 Å². The lowest BCUT2D eigenvalue weighted by molar-refractivity contribution is -0.121. The van der Waals surface area contributed by atoms with Gasteiger partial charge in [-0.3, -0.25) is 4.79 Å². The molecule has 4 nitrogen and oxygen atoms in total. The molecular weight excluding hydrogens is 340 g/mol. The predicted molar refractivity (Wildman–Crippen MR) is 87.8 cm³/mol. The lowest BCUT2D eigenvalue weighted by Gasteiger charge is -2.23. The molecule has 0 unspecified atom stereocenters. The summed E-state index contributed by atoms with van der Waals surface area (Å²) in [7, 11) is 0. The molecule has 0 spiro atoms. The zero-order valence-electron chi connectivity index (χ0n) is 12.8. The van der Waals surface area contributed by atoms with E-state index in [1.165, 1.54) is 12.1 Å². The van der Waals surface area contributed by atoms with E-state index in [1.54, 1.807) is 6.92 Å². The second-order valence-corrected chi connectivity index (χ2v) is 6.65. The van der Waals surface area contributed by atoms with E-state index in [0.29, 0.717) is 23.4 Å². The zero-order chi connectivity index (χ0) is 17.0. The van der Waals surface area contributed by atoms with E-state index in [4.69, 9.17) is 23.2 Å². The van der Waals surface area contributed by atoms with Gasteiger partial charge in [-0.1, -0.05) is 23.2 Å². The van der Waals surface area contributed by atoms with Crippen molar-refractivity contribution in [2.75, 3.05) is 6.54 Å². The van der Waals surface area contributed by atoms with Gasteiger partial charge in [0, 0.05) is 11.1 Å². The van der Waals surface area contributed by atoms with Crippen molar-refractivity contribution in [3.63, 3.8) is 0 Å². The van der Waals surface area contributed by atoms with Gasteiger partial charge >= 0.3 is 0 Å². The third kappa shape index (κ3) is 4.35. The van der Waals surface area contributed by atoms with E-state index in [9.17, 15) is 14.4 Å². The lowest BCUT2D eigenvalue weighted by Crippen LogP contribution is -2.48. The summed E-state index contributed by atoms with van der Waals surface area (Å²) in [6.45, 7) is 1.79. The van der Waals surface area contributed by atoms with Gasteiger partial charge in [0.15, 0.2) is 0 Å². The minimum atomic E-state index is -0.744. The quantitative estimate of drug-likeness (QED) is 0.789. The van der Waals surface area contributed by atoms with Gasteiger partial charge in [-0.05, 0) is 50.3 Å². The number of carbonyl (C=O) groups excluding carboxylic acids is 1. The summed E-state index contributed by atoms with van der Waals surface area (Å²) < 4.78 is 13.6. The number of amides is 1. The fraction of sp³-hybridized carbons (Fsp3) is 0.500. The third-order valence-corrected chi connectivity index (χ3v) is 4.74. The molecule has 124 valence electrons. The molecule has 1 saturated carbocycles. The minimum Gasteiger partial charge on any atom is -0.337 e. The molecule has 1 aliphatic carbocycles. The predicted octanol–water partition coefficient (Wildman–Crippen LogP) is 3.74. The Morgan fingerprint density at radius 3 is 2.65 bits per heavy atom. The highest BCUT2D eigenvalue weighted by atomic mass is 35.5. The van der Waals surface area contributed by atoms with Crippen molar-refractivity contribution in [2.45, 2.75) is 44.2 Å². The molecule has 0 heterocycles. The van der Waals surface area contributed by atoms with E-state index < -0.39 is 11.4 Å². The molecule has 1 atom stereocenters. The normalized spacial score (nSPS) is 17.5. The number of nitrogens with one attached hydrogen (secondary N) is 2. The average Bonchev–Trinajstić information content (AvgIpc) is 2.97. The first-order valence-electron chi connectivity index (χ1n) is 7.47. The molecule has 1 fully saturated rings. The first-order chi connectivity index (χ1) is 10.9. The first-order valence-corrected chi connectivity index (χ1v) is 8.22. The smallest absolute Gasteiger partial charge is 0.235 e. The van der Waals surface area contributed by atoms with E-state index >= 15 is 0 Å². The van der Waals surface area contributed by atoms with Crippen LogP contribution in [-0.4, -0.2) is 18.0 Å². The van der Waals surface area contributed by atoms with Crippen LogP contribution < -0.4 is 10.6 Å². The van der Waals surface area contributed by atoms with Crippen LogP contribution in [0, 0.1) is 17.1 Å². The largest absolute Gasteiger partial charge is 0.337 e. The topological polar surface area (TPSA) is 64.9 Å². The Hall–Kier alpha value is -1.35. The highest BCUT2D eigenvalue weighted by Crippen LogP contribution is 2.29. The lowest BCUT2D eigenvalue weighted by atomic mass is 10.00. The second kappa shape index (κ2) is 7.48. The molecular formula is C16H18Cl2FN3O. The summed E-state index contributed by atoms with van der Waals surface area (Å²) in [6.07, 6.45) is 3.24. The molecule has 1 aromatic carbocycles. The Labute approximate surface area is 145 Å². The molecule has 0 aromatic heterocycles. The molecule has 2 rings (SSSR count). The van der Waals surface area contributed by atoms with Crippen LogP contribution >= 0.6 is 23.2 Å². The number of nitriles is 1. The standard InChI is InChI=1S/C16H18Cl2FN3O/c1-10(11-6-14(19)13(18)7-12(11)17)21-8-15(23)22-16(9-20)4-2-3-5-16/h6-7,10,21H,2-5,8H2,1H3,(H,22,23)/t10-/m1/s1. The number of hydrogen-bond acceptors (Lipinski definition) is 3.